The highest BCUT2D eigenvalue weighted by molar-refractivity contribution is 6.10. The molecule has 4 heteroatoms. The van der Waals surface area contributed by atoms with E-state index in [2.05, 4.69) is 172 Å². The van der Waals surface area contributed by atoms with Gasteiger partial charge in [-0.25, -0.2) is 0 Å². The lowest BCUT2D eigenvalue weighted by Crippen LogP contribution is -2.38. The number of fused-ring (bicyclic) bond motifs is 6. The van der Waals surface area contributed by atoms with E-state index in [0.29, 0.717) is 0 Å². The lowest BCUT2D eigenvalue weighted by Gasteiger charge is -2.26. The number of nitrogens with zero attached hydrogens (tertiary/aromatic N) is 2. The summed E-state index contributed by atoms with van der Waals surface area (Å²) in [6.45, 7) is 3.13. The second kappa shape index (κ2) is 9.68. The van der Waals surface area contributed by atoms with Crippen LogP contribution in [-0.2, 0) is 5.54 Å². The van der Waals surface area contributed by atoms with Gasteiger partial charge in [0.05, 0.1) is 27.6 Å². The zero-order valence-electron chi connectivity index (χ0n) is 24.5. The summed E-state index contributed by atoms with van der Waals surface area (Å²) in [5.41, 5.74) is 9.56. The summed E-state index contributed by atoms with van der Waals surface area (Å²) < 4.78 is 4.82. The molecule has 0 spiro atoms. The maximum absolute atomic E-state index is 4.03. The van der Waals surface area contributed by atoms with Gasteiger partial charge < -0.3 is 9.13 Å². The number of rotatable bonds is 4. The third-order valence-corrected chi connectivity index (χ3v) is 9.50. The zero-order chi connectivity index (χ0) is 29.3. The van der Waals surface area contributed by atoms with Gasteiger partial charge in [-0.15, -0.1) is 0 Å². The van der Waals surface area contributed by atoms with E-state index in [1.165, 1.54) is 66.0 Å². The van der Waals surface area contributed by atoms with Crippen molar-refractivity contribution < 1.29 is 0 Å². The second-order valence-electron chi connectivity index (χ2n) is 12.2. The van der Waals surface area contributed by atoms with E-state index in [0.717, 1.165) is 6.54 Å². The molecule has 0 radical (unpaired) electrons. The second-order valence-corrected chi connectivity index (χ2v) is 12.2. The molecule has 2 atom stereocenters. The van der Waals surface area contributed by atoms with E-state index in [1.54, 1.807) is 0 Å². The number of nitrogens with one attached hydrogen (secondary N) is 2. The first-order chi connectivity index (χ1) is 21.7. The van der Waals surface area contributed by atoms with E-state index < -0.39 is 0 Å². The summed E-state index contributed by atoms with van der Waals surface area (Å²) in [6.07, 6.45) is -0.0604. The molecule has 1 aliphatic heterocycles. The summed E-state index contributed by atoms with van der Waals surface area (Å²) in [4.78, 5) is 0. The van der Waals surface area contributed by atoms with Crippen LogP contribution in [0.3, 0.4) is 0 Å². The maximum Gasteiger partial charge on any atom is 0.140 e. The van der Waals surface area contributed by atoms with Crippen LogP contribution in [-0.4, -0.2) is 15.7 Å². The Kier molecular flexibility index (Phi) is 5.58. The van der Waals surface area contributed by atoms with Crippen molar-refractivity contribution in [2.45, 2.75) is 18.8 Å². The van der Waals surface area contributed by atoms with Crippen molar-refractivity contribution in [1.29, 1.82) is 0 Å². The molecule has 9 rings (SSSR count). The predicted molar refractivity (Wildman–Crippen MR) is 183 cm³/mol. The molecule has 2 N–H and O–H groups in total. The van der Waals surface area contributed by atoms with Gasteiger partial charge in [0.2, 0.25) is 0 Å². The van der Waals surface area contributed by atoms with Crippen LogP contribution in [0.25, 0.3) is 60.4 Å². The van der Waals surface area contributed by atoms with Crippen LogP contribution >= 0.6 is 0 Å². The first-order valence-electron chi connectivity index (χ1n) is 15.4. The van der Waals surface area contributed by atoms with Crippen molar-refractivity contribution in [1.82, 2.24) is 19.8 Å². The van der Waals surface area contributed by atoms with E-state index >= 15 is 0 Å². The van der Waals surface area contributed by atoms with Crippen LogP contribution in [0.4, 0.5) is 0 Å². The van der Waals surface area contributed by atoms with Crippen molar-refractivity contribution in [3.05, 3.63) is 151 Å². The molecule has 1 aliphatic rings. The van der Waals surface area contributed by atoms with Crippen LogP contribution in [0, 0.1) is 0 Å². The van der Waals surface area contributed by atoms with Gasteiger partial charge in [-0.3, -0.25) is 10.6 Å². The van der Waals surface area contributed by atoms with Gasteiger partial charge >= 0.3 is 0 Å². The topological polar surface area (TPSA) is 33.9 Å². The minimum atomic E-state index is -0.260. The fourth-order valence-electron chi connectivity index (χ4n) is 7.31. The Labute approximate surface area is 256 Å². The van der Waals surface area contributed by atoms with Crippen LogP contribution < -0.4 is 10.6 Å². The van der Waals surface area contributed by atoms with Crippen molar-refractivity contribution in [3.8, 4) is 16.8 Å². The summed E-state index contributed by atoms with van der Waals surface area (Å²) >= 11 is 0. The molecular weight excluding hydrogens is 536 g/mol. The number of benzene rings is 6. The van der Waals surface area contributed by atoms with Crippen molar-refractivity contribution in [2.24, 2.45) is 0 Å². The van der Waals surface area contributed by atoms with Crippen LogP contribution in [0.5, 0.6) is 0 Å². The standard InChI is InChI=1S/C40H32N4/c1-40(29-21-23-37-34(25-29)32-17-9-10-18-35(32)43(37)30-14-6-3-7-15-30)26-41-39(42-40)44-36-19-11-8-16-31(36)33-22-20-28(24-38(33)44)27-12-4-2-5-13-27/h2-25,39,41-42H,26H2,1H3. The number of hydrogen-bond acceptors (Lipinski definition) is 2. The highest BCUT2D eigenvalue weighted by Crippen LogP contribution is 2.39. The minimum absolute atomic E-state index is 0.0604. The molecule has 1 fully saturated rings. The SMILES string of the molecule is CC1(c2ccc3c(c2)c2ccccc2n3-c2ccccc2)CNC(n2c3ccccc3c3ccc(-c4ccccc4)cc32)N1. The predicted octanol–water partition coefficient (Wildman–Crippen LogP) is 9.12. The molecule has 8 aromatic rings. The first kappa shape index (κ1) is 25.3. The largest absolute Gasteiger partial charge is 0.311 e. The summed E-state index contributed by atoms with van der Waals surface area (Å²) in [5.74, 6) is 0. The molecule has 1 saturated heterocycles. The Morgan fingerprint density at radius 2 is 1.18 bits per heavy atom. The Balaban J connectivity index is 1.16. The van der Waals surface area contributed by atoms with Crippen LogP contribution in [0.1, 0.15) is 18.8 Å². The van der Waals surface area contributed by atoms with Gasteiger partial charge in [-0.05, 0) is 66.1 Å². The van der Waals surface area contributed by atoms with Gasteiger partial charge in [-0.1, -0.05) is 103 Å². The zero-order valence-corrected chi connectivity index (χ0v) is 24.5. The van der Waals surface area contributed by atoms with E-state index in [-0.39, 0.29) is 11.8 Å². The summed E-state index contributed by atoms with van der Waals surface area (Å²) in [5, 5.41) is 13.0. The molecule has 0 amide bonds. The maximum atomic E-state index is 4.03. The molecule has 0 aliphatic carbocycles. The van der Waals surface area contributed by atoms with E-state index in [4.69, 9.17) is 0 Å². The summed E-state index contributed by atoms with van der Waals surface area (Å²) in [7, 11) is 0. The Morgan fingerprint density at radius 1 is 0.545 bits per heavy atom. The lowest BCUT2D eigenvalue weighted by molar-refractivity contribution is 0.373. The molecule has 3 heterocycles. The van der Waals surface area contributed by atoms with Gasteiger partial charge in [0.1, 0.15) is 6.29 Å². The van der Waals surface area contributed by atoms with Crippen LogP contribution in [0.2, 0.25) is 0 Å². The smallest absolute Gasteiger partial charge is 0.140 e. The highest BCUT2D eigenvalue weighted by atomic mass is 15.4. The number of para-hydroxylation sites is 3. The number of hydrogen-bond donors (Lipinski definition) is 2. The van der Waals surface area contributed by atoms with Gasteiger partial charge in [0.25, 0.3) is 0 Å². The Bertz CT molecular complexity index is 2330. The first-order valence-corrected chi connectivity index (χ1v) is 15.4. The van der Waals surface area contributed by atoms with Crippen molar-refractivity contribution >= 4 is 43.6 Å². The summed E-state index contributed by atoms with van der Waals surface area (Å²) in [6, 6.07) is 52.7. The van der Waals surface area contributed by atoms with Gasteiger partial charge in [0.15, 0.2) is 0 Å². The highest BCUT2D eigenvalue weighted by Gasteiger charge is 2.37. The number of aromatic nitrogens is 2. The van der Waals surface area contributed by atoms with Gasteiger partial charge in [-0.2, -0.15) is 0 Å². The fraction of sp³-hybridized carbons (Fsp3) is 0.100. The Hall–Kier alpha value is -5.16. The molecule has 212 valence electrons. The van der Waals surface area contributed by atoms with Crippen LogP contribution in [0.15, 0.2) is 146 Å². The van der Waals surface area contributed by atoms with E-state index in [1.807, 2.05) is 0 Å². The quantitative estimate of drug-likeness (QED) is 0.222. The minimum Gasteiger partial charge on any atom is -0.311 e. The molecule has 0 saturated carbocycles. The van der Waals surface area contributed by atoms with Gasteiger partial charge in [0, 0.05) is 33.8 Å². The third-order valence-electron chi connectivity index (χ3n) is 9.50. The lowest BCUT2D eigenvalue weighted by atomic mass is 9.92. The molecule has 44 heavy (non-hydrogen) atoms. The molecule has 2 aromatic heterocycles. The molecule has 2 unspecified atom stereocenters. The molecule has 6 aromatic carbocycles. The normalized spacial score (nSPS) is 18.6. The van der Waals surface area contributed by atoms with E-state index in [9.17, 15) is 0 Å². The average Bonchev–Trinajstić information content (AvgIpc) is 3.75. The molecule has 0 bridgehead atoms. The monoisotopic (exact) mass is 568 g/mol. The van der Waals surface area contributed by atoms with Crippen molar-refractivity contribution in [2.75, 3.05) is 6.54 Å². The molecular formula is C40H32N4. The average molecular weight is 569 g/mol. The van der Waals surface area contributed by atoms with Crippen molar-refractivity contribution in [3.63, 3.8) is 0 Å². The molecule has 4 nitrogen and oxygen atoms in total. The third kappa shape index (κ3) is 3.78. The Morgan fingerprint density at radius 3 is 1.98 bits per heavy atom. The fourth-order valence-corrected chi connectivity index (χ4v) is 7.31.